The number of carbonyl (C=O) groups is 2. The van der Waals surface area contributed by atoms with Crippen molar-refractivity contribution in [3.8, 4) is 0 Å². The van der Waals surface area contributed by atoms with Crippen molar-refractivity contribution >= 4 is 28.8 Å². The van der Waals surface area contributed by atoms with E-state index >= 15 is 0 Å². The lowest BCUT2D eigenvalue weighted by Crippen LogP contribution is -2.34. The van der Waals surface area contributed by atoms with Crippen molar-refractivity contribution in [2.75, 3.05) is 5.32 Å². The van der Waals surface area contributed by atoms with Crippen LogP contribution in [0.1, 0.15) is 21.4 Å². The Morgan fingerprint density at radius 2 is 1.85 bits per heavy atom. The number of amides is 2. The average molecular weight is 367 g/mol. The largest absolute Gasteiger partial charge is 0.383 e. The summed E-state index contributed by atoms with van der Waals surface area (Å²) in [6, 6.07) is 16.3. The number of carbonyl (C=O) groups excluding carboxylic acids is 2. The van der Waals surface area contributed by atoms with Gasteiger partial charge in [0, 0.05) is 16.0 Å². The molecule has 0 fully saturated rings. The summed E-state index contributed by atoms with van der Waals surface area (Å²) in [4.78, 5) is 29.2. The summed E-state index contributed by atoms with van der Waals surface area (Å²) in [5.41, 5.74) is 1.26. The van der Waals surface area contributed by atoms with E-state index in [-0.39, 0.29) is 6.54 Å². The van der Waals surface area contributed by atoms with Crippen molar-refractivity contribution in [3.63, 3.8) is 0 Å². The molecule has 3 rings (SSSR count). The van der Waals surface area contributed by atoms with Crippen LogP contribution >= 0.6 is 11.3 Å². The monoisotopic (exact) mass is 367 g/mol. The molecular formula is C19H17N3O3S. The molecule has 0 spiro atoms. The molecule has 132 valence electrons. The first-order valence-corrected chi connectivity index (χ1v) is 8.76. The van der Waals surface area contributed by atoms with Crippen molar-refractivity contribution in [1.82, 2.24) is 10.3 Å². The molecule has 0 saturated heterocycles. The summed E-state index contributed by atoms with van der Waals surface area (Å²) >= 11 is 1.39. The van der Waals surface area contributed by atoms with Gasteiger partial charge >= 0.3 is 11.8 Å². The maximum Gasteiger partial charge on any atom is 0.313 e. The maximum absolute atomic E-state index is 11.9. The van der Waals surface area contributed by atoms with Crippen LogP contribution in [0.3, 0.4) is 0 Å². The number of hydrogen-bond acceptors (Lipinski definition) is 5. The molecule has 0 aliphatic carbocycles. The highest BCUT2D eigenvalue weighted by molar-refractivity contribution is 7.12. The lowest BCUT2D eigenvalue weighted by Gasteiger charge is -2.08. The van der Waals surface area contributed by atoms with Crippen molar-refractivity contribution in [2.45, 2.75) is 12.6 Å². The van der Waals surface area contributed by atoms with Crippen LogP contribution in [-0.2, 0) is 16.1 Å². The smallest absolute Gasteiger partial charge is 0.313 e. The molecule has 0 bridgehead atoms. The summed E-state index contributed by atoms with van der Waals surface area (Å²) in [6.45, 7) is 0.214. The van der Waals surface area contributed by atoms with Crippen LogP contribution in [0.25, 0.3) is 0 Å². The van der Waals surface area contributed by atoms with Gasteiger partial charge in [-0.05, 0) is 29.8 Å². The van der Waals surface area contributed by atoms with Gasteiger partial charge in [0.1, 0.15) is 6.10 Å². The third-order valence-electron chi connectivity index (χ3n) is 3.62. The number of pyridine rings is 1. The Hall–Kier alpha value is -3.03. The van der Waals surface area contributed by atoms with Gasteiger partial charge < -0.3 is 15.7 Å². The minimum absolute atomic E-state index is 0.214. The highest BCUT2D eigenvalue weighted by atomic mass is 32.1. The lowest BCUT2D eigenvalue weighted by atomic mass is 10.1. The molecule has 2 heterocycles. The molecule has 0 saturated carbocycles. The molecule has 3 N–H and O–H groups in total. The standard InChI is InChI=1S/C19H17N3O3S/c23-17(13-5-2-1-3-6-13)16-9-8-15(26-16)12-21-18(24)19(25)22-14-7-4-10-20-11-14/h1-11,17,23H,12H2,(H,21,24)(H,22,25). The fraction of sp³-hybridized carbons (Fsp3) is 0.105. The van der Waals surface area contributed by atoms with Crippen molar-refractivity contribution in [1.29, 1.82) is 0 Å². The van der Waals surface area contributed by atoms with E-state index in [1.54, 1.807) is 18.3 Å². The van der Waals surface area contributed by atoms with Crippen LogP contribution in [0.15, 0.2) is 67.0 Å². The molecule has 0 radical (unpaired) electrons. The van der Waals surface area contributed by atoms with E-state index in [4.69, 9.17) is 0 Å². The van der Waals surface area contributed by atoms with E-state index in [1.165, 1.54) is 17.5 Å². The molecule has 7 heteroatoms. The average Bonchev–Trinajstić information content (AvgIpc) is 3.16. The summed E-state index contributed by atoms with van der Waals surface area (Å²) in [6.07, 6.45) is 2.33. The third kappa shape index (κ3) is 4.53. The van der Waals surface area contributed by atoms with Crippen molar-refractivity contribution < 1.29 is 14.7 Å². The van der Waals surface area contributed by atoms with Crippen LogP contribution in [0.5, 0.6) is 0 Å². The third-order valence-corrected chi connectivity index (χ3v) is 4.75. The second-order valence-corrected chi connectivity index (χ2v) is 6.70. The van der Waals surface area contributed by atoms with E-state index in [2.05, 4.69) is 15.6 Å². The normalized spacial score (nSPS) is 11.6. The maximum atomic E-state index is 11.9. The summed E-state index contributed by atoms with van der Waals surface area (Å²) in [7, 11) is 0. The first kappa shape index (κ1) is 17.8. The van der Waals surface area contributed by atoms with Gasteiger partial charge in [-0.2, -0.15) is 0 Å². The molecule has 2 aromatic heterocycles. The van der Waals surface area contributed by atoms with Gasteiger partial charge in [0.05, 0.1) is 18.4 Å². The highest BCUT2D eigenvalue weighted by Crippen LogP contribution is 2.28. The number of benzene rings is 1. The summed E-state index contributed by atoms with van der Waals surface area (Å²) < 4.78 is 0. The Morgan fingerprint density at radius 1 is 1.04 bits per heavy atom. The van der Waals surface area contributed by atoms with Gasteiger partial charge in [-0.3, -0.25) is 14.6 Å². The second-order valence-electron chi connectivity index (χ2n) is 5.50. The quantitative estimate of drug-likeness (QED) is 0.604. The van der Waals surface area contributed by atoms with E-state index in [9.17, 15) is 14.7 Å². The summed E-state index contributed by atoms with van der Waals surface area (Å²) in [5, 5.41) is 15.4. The molecule has 2 amide bonds. The van der Waals surface area contributed by atoms with Crippen molar-refractivity contribution in [3.05, 3.63) is 82.3 Å². The topological polar surface area (TPSA) is 91.3 Å². The number of aliphatic hydroxyl groups excluding tert-OH is 1. The van der Waals surface area contributed by atoms with Gasteiger partial charge in [0.25, 0.3) is 0 Å². The Morgan fingerprint density at radius 3 is 2.58 bits per heavy atom. The number of nitrogens with zero attached hydrogens (tertiary/aromatic N) is 1. The van der Waals surface area contributed by atoms with E-state index in [0.717, 1.165) is 15.3 Å². The number of rotatable bonds is 5. The number of aliphatic hydroxyl groups is 1. The van der Waals surface area contributed by atoms with Crippen LogP contribution in [0.2, 0.25) is 0 Å². The van der Waals surface area contributed by atoms with Gasteiger partial charge in [0.2, 0.25) is 0 Å². The van der Waals surface area contributed by atoms with Gasteiger partial charge in [-0.1, -0.05) is 30.3 Å². The fourth-order valence-corrected chi connectivity index (χ4v) is 3.28. The van der Waals surface area contributed by atoms with E-state index in [0.29, 0.717) is 5.69 Å². The van der Waals surface area contributed by atoms with E-state index in [1.807, 2.05) is 42.5 Å². The van der Waals surface area contributed by atoms with Crippen LogP contribution in [0, 0.1) is 0 Å². The zero-order valence-corrected chi connectivity index (χ0v) is 14.6. The van der Waals surface area contributed by atoms with Gasteiger partial charge in [0.15, 0.2) is 0 Å². The zero-order valence-electron chi connectivity index (χ0n) is 13.8. The van der Waals surface area contributed by atoms with Crippen molar-refractivity contribution in [2.24, 2.45) is 0 Å². The highest BCUT2D eigenvalue weighted by Gasteiger charge is 2.16. The molecule has 1 atom stereocenters. The first-order chi connectivity index (χ1) is 12.6. The zero-order chi connectivity index (χ0) is 18.4. The number of thiophene rings is 1. The molecule has 26 heavy (non-hydrogen) atoms. The number of hydrogen-bond donors (Lipinski definition) is 3. The summed E-state index contributed by atoms with van der Waals surface area (Å²) in [5.74, 6) is -1.48. The van der Waals surface area contributed by atoms with E-state index < -0.39 is 17.9 Å². The van der Waals surface area contributed by atoms with Crippen LogP contribution in [-0.4, -0.2) is 21.9 Å². The number of anilines is 1. The van der Waals surface area contributed by atoms with Crippen LogP contribution in [0.4, 0.5) is 5.69 Å². The Balaban J connectivity index is 1.54. The molecule has 0 aliphatic heterocycles. The molecule has 6 nitrogen and oxygen atoms in total. The Bertz CT molecular complexity index is 881. The minimum atomic E-state index is -0.751. The first-order valence-electron chi connectivity index (χ1n) is 7.94. The molecular weight excluding hydrogens is 350 g/mol. The molecule has 1 unspecified atom stereocenters. The molecule has 0 aliphatic rings. The minimum Gasteiger partial charge on any atom is -0.383 e. The predicted molar refractivity (Wildman–Crippen MR) is 99.5 cm³/mol. The van der Waals surface area contributed by atoms with Gasteiger partial charge in [-0.15, -0.1) is 11.3 Å². The van der Waals surface area contributed by atoms with Crippen LogP contribution < -0.4 is 10.6 Å². The fourth-order valence-electron chi connectivity index (χ4n) is 2.31. The SMILES string of the molecule is O=C(NCc1ccc(C(O)c2ccccc2)s1)C(=O)Nc1cccnc1. The Labute approximate surface area is 154 Å². The molecule has 1 aromatic carbocycles. The Kier molecular flexibility index (Phi) is 5.73. The number of nitrogens with one attached hydrogen (secondary N) is 2. The lowest BCUT2D eigenvalue weighted by molar-refractivity contribution is -0.136. The molecule has 3 aromatic rings. The van der Waals surface area contributed by atoms with Gasteiger partial charge in [-0.25, -0.2) is 0 Å². The number of aromatic nitrogens is 1. The predicted octanol–water partition coefficient (Wildman–Crippen LogP) is 2.48. The second kappa shape index (κ2) is 8.37.